The summed E-state index contributed by atoms with van der Waals surface area (Å²) < 4.78 is 0. The van der Waals surface area contributed by atoms with Crippen molar-refractivity contribution in [1.82, 2.24) is 0 Å². The van der Waals surface area contributed by atoms with Gasteiger partial charge in [-0.2, -0.15) is 0 Å². The van der Waals surface area contributed by atoms with Crippen LogP contribution in [-0.2, 0) is 0 Å². The van der Waals surface area contributed by atoms with E-state index in [1.54, 1.807) is 6.92 Å². The topological polar surface area (TPSA) is 69.0 Å². The lowest BCUT2D eigenvalue weighted by Crippen LogP contribution is -2.13. The van der Waals surface area contributed by atoms with Gasteiger partial charge in [0.15, 0.2) is 0 Å². The fourth-order valence-electron chi connectivity index (χ4n) is 0.139. The van der Waals surface area contributed by atoms with Crippen LogP contribution in [0.3, 0.4) is 0 Å². The van der Waals surface area contributed by atoms with Crippen LogP contribution in [0.25, 0.3) is 10.4 Å². The van der Waals surface area contributed by atoms with Crippen LogP contribution in [0.1, 0.15) is 13.3 Å². The number of aliphatic hydroxyl groups is 1. The van der Waals surface area contributed by atoms with Crippen LogP contribution >= 0.6 is 11.6 Å². The summed E-state index contributed by atoms with van der Waals surface area (Å²) in [6.45, 7) is 1.61. The summed E-state index contributed by atoms with van der Waals surface area (Å²) in [5, 5.41) is 9.82. The molecule has 1 atom stereocenters. The van der Waals surface area contributed by atoms with Gasteiger partial charge in [-0.15, -0.1) is 0 Å². The monoisotopic (exact) mass is 135 g/mol. The molecule has 0 fully saturated rings. The lowest BCUT2D eigenvalue weighted by Gasteiger charge is -2.07. The molecular weight excluding hydrogens is 130 g/mol. The second kappa shape index (κ2) is 2.77. The van der Waals surface area contributed by atoms with E-state index in [9.17, 15) is 0 Å². The molecule has 0 aliphatic rings. The van der Waals surface area contributed by atoms with E-state index in [1.807, 2.05) is 0 Å². The van der Waals surface area contributed by atoms with Gasteiger partial charge in [0.05, 0.1) is 0 Å². The van der Waals surface area contributed by atoms with Crippen molar-refractivity contribution in [2.75, 3.05) is 0 Å². The molecule has 46 valence electrons. The zero-order valence-corrected chi connectivity index (χ0v) is 5.13. The van der Waals surface area contributed by atoms with E-state index in [2.05, 4.69) is 10.0 Å². The van der Waals surface area contributed by atoms with Crippen molar-refractivity contribution in [1.29, 1.82) is 0 Å². The molecule has 8 heavy (non-hydrogen) atoms. The maximum absolute atomic E-state index is 8.67. The number of alkyl halides is 1. The van der Waals surface area contributed by atoms with E-state index in [0.29, 0.717) is 0 Å². The Balaban J connectivity index is 3.90. The molecule has 0 saturated heterocycles. The standard InChI is InChI=1S/C3H6ClN3O/c1-2-3(4,8)6-7-5/h8H,2H2,1H3. The van der Waals surface area contributed by atoms with Gasteiger partial charge in [-0.3, -0.25) is 0 Å². The van der Waals surface area contributed by atoms with Gasteiger partial charge in [0.1, 0.15) is 0 Å². The smallest absolute Gasteiger partial charge is 0.217 e. The molecule has 1 N–H and O–H groups in total. The van der Waals surface area contributed by atoms with Gasteiger partial charge in [0.25, 0.3) is 0 Å². The Morgan fingerprint density at radius 3 is 2.62 bits per heavy atom. The first-order chi connectivity index (χ1) is 3.62. The average molecular weight is 136 g/mol. The Bertz CT molecular complexity index is 118. The van der Waals surface area contributed by atoms with Gasteiger partial charge in [0, 0.05) is 4.91 Å². The summed E-state index contributed by atoms with van der Waals surface area (Å²) in [4.78, 5) is 2.32. The maximum Gasteiger partial charge on any atom is 0.217 e. The van der Waals surface area contributed by atoms with Crippen molar-refractivity contribution in [3.05, 3.63) is 10.4 Å². The molecule has 0 aromatic heterocycles. The Morgan fingerprint density at radius 1 is 2.00 bits per heavy atom. The second-order valence-corrected chi connectivity index (χ2v) is 1.87. The van der Waals surface area contributed by atoms with Gasteiger partial charge >= 0.3 is 0 Å². The van der Waals surface area contributed by atoms with Crippen molar-refractivity contribution < 1.29 is 5.11 Å². The number of nitrogens with zero attached hydrogens (tertiary/aromatic N) is 3. The van der Waals surface area contributed by atoms with Crippen molar-refractivity contribution in [3.8, 4) is 0 Å². The molecule has 0 radical (unpaired) electrons. The predicted octanol–water partition coefficient (Wildman–Crippen LogP) is 1.59. The van der Waals surface area contributed by atoms with Crippen molar-refractivity contribution in [3.63, 3.8) is 0 Å². The van der Waals surface area contributed by atoms with Crippen molar-refractivity contribution in [2.45, 2.75) is 18.5 Å². The highest BCUT2D eigenvalue weighted by molar-refractivity contribution is 6.22. The van der Waals surface area contributed by atoms with Gasteiger partial charge in [-0.1, -0.05) is 18.5 Å². The van der Waals surface area contributed by atoms with E-state index in [4.69, 9.17) is 22.2 Å². The predicted molar refractivity (Wildman–Crippen MR) is 30.2 cm³/mol. The summed E-state index contributed by atoms with van der Waals surface area (Å²) in [6.07, 6.45) is 0.207. The maximum atomic E-state index is 8.67. The quantitative estimate of drug-likeness (QED) is 0.202. The first kappa shape index (κ1) is 7.56. The normalized spacial score (nSPS) is 16.4. The minimum Gasteiger partial charge on any atom is -0.370 e. The van der Waals surface area contributed by atoms with Gasteiger partial charge in [0.2, 0.25) is 5.18 Å². The largest absolute Gasteiger partial charge is 0.370 e. The minimum absolute atomic E-state index is 0.207. The molecule has 0 heterocycles. The molecule has 0 aromatic carbocycles. The Labute approximate surface area is 51.7 Å². The van der Waals surface area contributed by atoms with Crippen LogP contribution in [-0.4, -0.2) is 10.3 Å². The van der Waals surface area contributed by atoms with Crippen LogP contribution in [0.5, 0.6) is 0 Å². The molecule has 4 nitrogen and oxygen atoms in total. The van der Waals surface area contributed by atoms with Crippen LogP contribution in [0, 0.1) is 0 Å². The SMILES string of the molecule is CCC(O)(Cl)N=[N+]=[N-]. The Kier molecular flexibility index (Phi) is 2.62. The van der Waals surface area contributed by atoms with Crippen molar-refractivity contribution >= 4 is 11.6 Å². The summed E-state index contributed by atoms with van der Waals surface area (Å²) in [7, 11) is 0. The average Bonchev–Trinajstić information content (AvgIpc) is 1.67. The summed E-state index contributed by atoms with van der Waals surface area (Å²) in [5.41, 5.74) is 7.75. The van der Waals surface area contributed by atoms with Gasteiger partial charge < -0.3 is 5.11 Å². The summed E-state index contributed by atoms with van der Waals surface area (Å²) in [6, 6.07) is 0. The summed E-state index contributed by atoms with van der Waals surface area (Å²) >= 11 is 5.16. The zero-order chi connectivity index (χ0) is 6.62. The lowest BCUT2D eigenvalue weighted by molar-refractivity contribution is 0.132. The third-order valence-electron chi connectivity index (χ3n) is 0.648. The molecule has 0 aliphatic carbocycles. The van der Waals surface area contributed by atoms with Crippen LogP contribution < -0.4 is 0 Å². The number of azide groups is 1. The van der Waals surface area contributed by atoms with E-state index in [-0.39, 0.29) is 6.42 Å². The van der Waals surface area contributed by atoms with E-state index < -0.39 is 5.18 Å². The highest BCUT2D eigenvalue weighted by Crippen LogP contribution is 2.16. The number of hydrogen-bond acceptors (Lipinski definition) is 2. The number of halogens is 1. The molecule has 1 unspecified atom stereocenters. The Morgan fingerprint density at radius 2 is 2.50 bits per heavy atom. The minimum atomic E-state index is -1.73. The molecule has 0 bridgehead atoms. The van der Waals surface area contributed by atoms with Gasteiger partial charge in [-0.25, -0.2) is 0 Å². The fraction of sp³-hybridized carbons (Fsp3) is 1.00. The highest BCUT2D eigenvalue weighted by atomic mass is 35.5. The first-order valence-corrected chi connectivity index (χ1v) is 2.47. The lowest BCUT2D eigenvalue weighted by atomic mass is 10.4. The van der Waals surface area contributed by atoms with Crippen LogP contribution in [0.4, 0.5) is 0 Å². The molecule has 0 rings (SSSR count). The van der Waals surface area contributed by atoms with E-state index in [1.165, 1.54) is 0 Å². The molecule has 0 amide bonds. The molecule has 0 aliphatic heterocycles. The highest BCUT2D eigenvalue weighted by Gasteiger charge is 2.16. The number of rotatable bonds is 2. The van der Waals surface area contributed by atoms with Crippen LogP contribution in [0.2, 0.25) is 0 Å². The summed E-state index contributed by atoms with van der Waals surface area (Å²) in [5.74, 6) is 0. The third kappa shape index (κ3) is 2.69. The molecule has 0 spiro atoms. The van der Waals surface area contributed by atoms with Gasteiger partial charge in [-0.05, 0) is 17.1 Å². The molecule has 5 heteroatoms. The molecule has 0 aromatic rings. The second-order valence-electron chi connectivity index (χ2n) is 1.26. The van der Waals surface area contributed by atoms with Crippen molar-refractivity contribution in [2.24, 2.45) is 5.11 Å². The molecular formula is C3H6ClN3O. The van der Waals surface area contributed by atoms with E-state index >= 15 is 0 Å². The first-order valence-electron chi connectivity index (χ1n) is 2.10. The Hall–Kier alpha value is -0.440. The number of hydrogen-bond donors (Lipinski definition) is 1. The zero-order valence-electron chi connectivity index (χ0n) is 4.37. The molecule has 0 saturated carbocycles. The van der Waals surface area contributed by atoms with E-state index in [0.717, 1.165) is 0 Å². The third-order valence-corrected chi connectivity index (χ3v) is 0.991. The fourth-order valence-corrected chi connectivity index (χ4v) is 0.173. The van der Waals surface area contributed by atoms with Crippen LogP contribution in [0.15, 0.2) is 5.11 Å².